The minimum absolute atomic E-state index is 0.0330. The first kappa shape index (κ1) is 17.5. The van der Waals surface area contributed by atoms with Gasteiger partial charge in [0.05, 0.1) is 13.2 Å². The molecule has 1 amide bonds. The predicted molar refractivity (Wildman–Crippen MR) is 86.6 cm³/mol. The first-order valence-electron chi connectivity index (χ1n) is 7.46. The SMILES string of the molecule is CCCN(CC(=O)NC)c1ccccc1CNCCOC. The molecule has 0 aliphatic carbocycles. The molecule has 5 nitrogen and oxygen atoms in total. The Balaban J connectivity index is 2.78. The number of hydrogen-bond acceptors (Lipinski definition) is 4. The molecule has 0 aliphatic heterocycles. The third kappa shape index (κ3) is 6.14. The monoisotopic (exact) mass is 293 g/mol. The lowest BCUT2D eigenvalue weighted by atomic mass is 10.1. The molecule has 1 rings (SSSR count). The Labute approximate surface area is 127 Å². The third-order valence-corrected chi connectivity index (χ3v) is 3.24. The van der Waals surface area contributed by atoms with Crippen LogP contribution in [0.2, 0.25) is 0 Å². The Hall–Kier alpha value is -1.59. The summed E-state index contributed by atoms with van der Waals surface area (Å²) in [7, 11) is 3.37. The molecule has 0 radical (unpaired) electrons. The number of benzene rings is 1. The highest BCUT2D eigenvalue weighted by Crippen LogP contribution is 2.20. The van der Waals surface area contributed by atoms with Gasteiger partial charge < -0.3 is 20.3 Å². The molecule has 0 atom stereocenters. The molecule has 0 spiro atoms. The zero-order valence-corrected chi connectivity index (χ0v) is 13.3. The van der Waals surface area contributed by atoms with Crippen LogP contribution in [0.25, 0.3) is 0 Å². The maximum Gasteiger partial charge on any atom is 0.239 e. The fourth-order valence-electron chi connectivity index (χ4n) is 2.17. The van der Waals surface area contributed by atoms with Crippen LogP contribution in [0.4, 0.5) is 5.69 Å². The molecule has 0 aromatic heterocycles. The number of carbonyl (C=O) groups is 1. The molecule has 5 heteroatoms. The van der Waals surface area contributed by atoms with E-state index in [1.165, 1.54) is 5.56 Å². The van der Waals surface area contributed by atoms with Gasteiger partial charge in [-0.3, -0.25) is 4.79 Å². The highest BCUT2D eigenvalue weighted by atomic mass is 16.5. The van der Waals surface area contributed by atoms with Crippen LogP contribution in [-0.4, -0.2) is 46.3 Å². The summed E-state index contributed by atoms with van der Waals surface area (Å²) in [6, 6.07) is 8.22. The number of nitrogens with zero attached hydrogens (tertiary/aromatic N) is 1. The maximum absolute atomic E-state index is 11.7. The van der Waals surface area contributed by atoms with E-state index in [1.54, 1.807) is 14.2 Å². The van der Waals surface area contributed by atoms with Crippen molar-refractivity contribution in [1.82, 2.24) is 10.6 Å². The van der Waals surface area contributed by atoms with E-state index in [2.05, 4.69) is 34.6 Å². The van der Waals surface area contributed by atoms with E-state index < -0.39 is 0 Å². The van der Waals surface area contributed by atoms with Crippen molar-refractivity contribution in [2.45, 2.75) is 19.9 Å². The summed E-state index contributed by atoms with van der Waals surface area (Å²) >= 11 is 0. The Morgan fingerprint density at radius 3 is 2.76 bits per heavy atom. The van der Waals surface area contributed by atoms with Crippen LogP contribution in [-0.2, 0) is 16.1 Å². The van der Waals surface area contributed by atoms with Gasteiger partial charge in [0, 0.05) is 39.5 Å². The van der Waals surface area contributed by atoms with Crippen molar-refractivity contribution in [3.63, 3.8) is 0 Å². The first-order chi connectivity index (χ1) is 10.2. The molecule has 118 valence electrons. The number of anilines is 1. The molecule has 2 N–H and O–H groups in total. The van der Waals surface area contributed by atoms with Crippen molar-refractivity contribution in [1.29, 1.82) is 0 Å². The smallest absolute Gasteiger partial charge is 0.239 e. The average Bonchev–Trinajstić information content (AvgIpc) is 2.51. The van der Waals surface area contributed by atoms with E-state index in [4.69, 9.17) is 4.74 Å². The second-order valence-electron chi connectivity index (χ2n) is 4.89. The van der Waals surface area contributed by atoms with Crippen LogP contribution in [0, 0.1) is 0 Å². The summed E-state index contributed by atoms with van der Waals surface area (Å²) in [4.78, 5) is 13.8. The number of carbonyl (C=O) groups excluding carboxylic acids is 1. The molecule has 0 heterocycles. The van der Waals surface area contributed by atoms with Crippen molar-refractivity contribution in [3.8, 4) is 0 Å². The summed E-state index contributed by atoms with van der Waals surface area (Å²) in [6.45, 7) is 5.65. The Bertz CT molecular complexity index is 424. The largest absolute Gasteiger partial charge is 0.383 e. The number of methoxy groups -OCH3 is 1. The minimum atomic E-state index is 0.0330. The van der Waals surface area contributed by atoms with E-state index in [0.717, 1.165) is 31.7 Å². The number of para-hydroxylation sites is 1. The van der Waals surface area contributed by atoms with Crippen LogP contribution in [0.15, 0.2) is 24.3 Å². The van der Waals surface area contributed by atoms with Gasteiger partial charge in [0.25, 0.3) is 0 Å². The van der Waals surface area contributed by atoms with Gasteiger partial charge >= 0.3 is 0 Å². The highest BCUT2D eigenvalue weighted by Gasteiger charge is 2.13. The van der Waals surface area contributed by atoms with Crippen LogP contribution in [0.1, 0.15) is 18.9 Å². The molecule has 0 aliphatic rings. The summed E-state index contributed by atoms with van der Waals surface area (Å²) in [5.74, 6) is 0.0330. The van der Waals surface area contributed by atoms with Crippen LogP contribution in [0.5, 0.6) is 0 Å². The fraction of sp³-hybridized carbons (Fsp3) is 0.562. The van der Waals surface area contributed by atoms with Gasteiger partial charge in [-0.05, 0) is 18.1 Å². The molecular weight excluding hydrogens is 266 g/mol. The maximum atomic E-state index is 11.7. The van der Waals surface area contributed by atoms with Gasteiger partial charge in [-0.2, -0.15) is 0 Å². The highest BCUT2D eigenvalue weighted by molar-refractivity contribution is 5.81. The normalized spacial score (nSPS) is 10.4. The predicted octanol–water partition coefficient (Wildman–Crippen LogP) is 1.38. The van der Waals surface area contributed by atoms with Gasteiger partial charge in [0.2, 0.25) is 5.91 Å². The Morgan fingerprint density at radius 1 is 1.33 bits per heavy atom. The van der Waals surface area contributed by atoms with Crippen molar-refractivity contribution in [2.75, 3.05) is 45.3 Å². The number of ether oxygens (including phenoxy) is 1. The number of likely N-dealkylation sites (N-methyl/N-ethyl adjacent to an activating group) is 1. The molecule has 0 bridgehead atoms. The minimum Gasteiger partial charge on any atom is -0.383 e. The summed E-state index contributed by atoms with van der Waals surface area (Å²) in [5, 5.41) is 6.05. The zero-order valence-electron chi connectivity index (χ0n) is 13.3. The van der Waals surface area contributed by atoms with Gasteiger partial charge in [0.1, 0.15) is 0 Å². The lowest BCUT2D eigenvalue weighted by Gasteiger charge is -2.26. The summed E-state index contributed by atoms with van der Waals surface area (Å²) in [5.41, 5.74) is 2.32. The lowest BCUT2D eigenvalue weighted by molar-refractivity contribution is -0.119. The Morgan fingerprint density at radius 2 is 2.10 bits per heavy atom. The van der Waals surface area contributed by atoms with Gasteiger partial charge in [0.15, 0.2) is 0 Å². The quantitative estimate of drug-likeness (QED) is 0.640. The summed E-state index contributed by atoms with van der Waals surface area (Å²) in [6.07, 6.45) is 1.00. The van der Waals surface area contributed by atoms with Crippen LogP contribution in [0.3, 0.4) is 0 Å². The molecule has 1 aromatic rings. The third-order valence-electron chi connectivity index (χ3n) is 3.24. The number of rotatable bonds is 10. The van der Waals surface area contributed by atoms with E-state index in [0.29, 0.717) is 13.2 Å². The van der Waals surface area contributed by atoms with Crippen molar-refractivity contribution < 1.29 is 9.53 Å². The standard InChI is InChI=1S/C16H27N3O2/c1-4-10-19(13-16(20)17-2)15-8-6-5-7-14(15)12-18-9-11-21-3/h5-8,18H,4,9-13H2,1-3H3,(H,17,20). The molecule has 0 unspecified atom stereocenters. The van der Waals surface area contributed by atoms with E-state index in [9.17, 15) is 4.79 Å². The van der Waals surface area contributed by atoms with Crippen LogP contribution < -0.4 is 15.5 Å². The average molecular weight is 293 g/mol. The second-order valence-corrected chi connectivity index (χ2v) is 4.89. The van der Waals surface area contributed by atoms with Crippen molar-refractivity contribution in [2.24, 2.45) is 0 Å². The topological polar surface area (TPSA) is 53.6 Å². The van der Waals surface area contributed by atoms with E-state index in [-0.39, 0.29) is 5.91 Å². The van der Waals surface area contributed by atoms with Crippen LogP contribution >= 0.6 is 0 Å². The number of amides is 1. The van der Waals surface area contributed by atoms with Crippen molar-refractivity contribution in [3.05, 3.63) is 29.8 Å². The molecule has 0 saturated heterocycles. The molecule has 0 fully saturated rings. The number of nitrogens with one attached hydrogen (secondary N) is 2. The zero-order chi connectivity index (χ0) is 15.5. The van der Waals surface area contributed by atoms with Crippen molar-refractivity contribution >= 4 is 11.6 Å². The van der Waals surface area contributed by atoms with Gasteiger partial charge in [-0.1, -0.05) is 25.1 Å². The van der Waals surface area contributed by atoms with Gasteiger partial charge in [-0.15, -0.1) is 0 Å². The molecule has 0 saturated carbocycles. The second kappa shape index (κ2) is 10.2. The van der Waals surface area contributed by atoms with Gasteiger partial charge in [-0.25, -0.2) is 0 Å². The van der Waals surface area contributed by atoms with E-state index >= 15 is 0 Å². The fourth-order valence-corrected chi connectivity index (χ4v) is 2.17. The lowest BCUT2D eigenvalue weighted by Crippen LogP contribution is -2.37. The van der Waals surface area contributed by atoms with E-state index in [1.807, 2.05) is 12.1 Å². The number of hydrogen-bond donors (Lipinski definition) is 2. The summed E-state index contributed by atoms with van der Waals surface area (Å²) < 4.78 is 5.04. The Kier molecular flexibility index (Phi) is 8.47. The molecule has 21 heavy (non-hydrogen) atoms. The first-order valence-corrected chi connectivity index (χ1v) is 7.46. The molecule has 1 aromatic carbocycles. The molecular formula is C16H27N3O2.